The monoisotopic (exact) mass is 240 g/mol. The third-order valence-corrected chi connectivity index (χ3v) is 2.45. The number of hydrogen-bond donors (Lipinski definition) is 1. The summed E-state index contributed by atoms with van der Waals surface area (Å²) in [5, 5.41) is 2.55. The Kier molecular flexibility index (Phi) is 5.46. The molecule has 6 nitrogen and oxygen atoms in total. The highest BCUT2D eigenvalue weighted by atomic mass is 16.5. The molecule has 0 spiro atoms. The van der Waals surface area contributed by atoms with E-state index in [1.54, 1.807) is 4.90 Å². The number of morpholine rings is 1. The largest absolute Gasteiger partial charge is 0.468 e. The molecule has 1 aliphatic heterocycles. The lowest BCUT2D eigenvalue weighted by Crippen LogP contribution is -2.53. The van der Waals surface area contributed by atoms with E-state index in [0.717, 1.165) is 0 Å². The molecule has 1 aliphatic rings. The summed E-state index contributed by atoms with van der Waals surface area (Å²) in [4.78, 5) is 24.7. The lowest BCUT2D eigenvalue weighted by Gasteiger charge is -2.32. The van der Waals surface area contributed by atoms with Crippen molar-refractivity contribution in [3.8, 4) is 12.3 Å². The summed E-state index contributed by atoms with van der Waals surface area (Å²) >= 11 is 0. The number of hydrogen-bond acceptors (Lipinski definition) is 5. The maximum absolute atomic E-state index is 11.5. The highest BCUT2D eigenvalue weighted by molar-refractivity contribution is 5.80. The van der Waals surface area contributed by atoms with Crippen LogP contribution in [0.5, 0.6) is 0 Å². The fourth-order valence-corrected chi connectivity index (χ4v) is 1.57. The summed E-state index contributed by atoms with van der Waals surface area (Å²) in [7, 11) is 1.31. The van der Waals surface area contributed by atoms with E-state index in [-0.39, 0.29) is 25.6 Å². The lowest BCUT2D eigenvalue weighted by atomic mass is 10.2. The van der Waals surface area contributed by atoms with Gasteiger partial charge in [0, 0.05) is 6.54 Å². The van der Waals surface area contributed by atoms with Gasteiger partial charge in [0.05, 0.1) is 33.4 Å². The fraction of sp³-hybridized carbons (Fsp3) is 0.636. The second kappa shape index (κ2) is 6.89. The first kappa shape index (κ1) is 13.5. The Balaban J connectivity index is 2.51. The summed E-state index contributed by atoms with van der Waals surface area (Å²) in [5.41, 5.74) is 0. The molecule has 1 unspecified atom stereocenters. The number of ether oxygens (including phenoxy) is 2. The highest BCUT2D eigenvalue weighted by Gasteiger charge is 2.31. The molecule has 1 fully saturated rings. The van der Waals surface area contributed by atoms with Crippen LogP contribution < -0.4 is 5.32 Å². The summed E-state index contributed by atoms with van der Waals surface area (Å²) < 4.78 is 9.85. The Labute approximate surface area is 100 Å². The summed E-state index contributed by atoms with van der Waals surface area (Å²) in [6.45, 7) is 1.56. The van der Waals surface area contributed by atoms with Crippen molar-refractivity contribution in [2.45, 2.75) is 6.04 Å². The first-order valence-electron chi connectivity index (χ1n) is 5.28. The van der Waals surface area contributed by atoms with Crippen LogP contribution in [0.3, 0.4) is 0 Å². The summed E-state index contributed by atoms with van der Waals surface area (Å²) in [6, 6.07) is -0.523. The van der Waals surface area contributed by atoms with Gasteiger partial charge in [0.15, 0.2) is 0 Å². The van der Waals surface area contributed by atoms with Crippen LogP contribution in [0.4, 0.5) is 0 Å². The van der Waals surface area contributed by atoms with Crippen molar-refractivity contribution in [2.24, 2.45) is 0 Å². The minimum Gasteiger partial charge on any atom is -0.468 e. The maximum Gasteiger partial charge on any atom is 0.325 e. The molecule has 0 aliphatic carbocycles. The van der Waals surface area contributed by atoms with Crippen molar-refractivity contribution >= 4 is 11.9 Å². The van der Waals surface area contributed by atoms with Crippen molar-refractivity contribution in [1.29, 1.82) is 0 Å². The molecule has 1 amide bonds. The molecule has 0 aromatic carbocycles. The average molecular weight is 240 g/mol. The van der Waals surface area contributed by atoms with Crippen LogP contribution in [0.25, 0.3) is 0 Å². The normalized spacial score (nSPS) is 20.4. The zero-order valence-electron chi connectivity index (χ0n) is 9.77. The second-order valence-corrected chi connectivity index (χ2v) is 3.57. The number of methoxy groups -OCH3 is 1. The van der Waals surface area contributed by atoms with Gasteiger partial charge in [-0.15, -0.1) is 6.42 Å². The van der Waals surface area contributed by atoms with Crippen molar-refractivity contribution in [2.75, 3.05) is 40.0 Å². The Morgan fingerprint density at radius 1 is 1.65 bits per heavy atom. The highest BCUT2D eigenvalue weighted by Crippen LogP contribution is 2.07. The topological polar surface area (TPSA) is 67.9 Å². The first-order valence-corrected chi connectivity index (χ1v) is 5.28. The molecule has 17 heavy (non-hydrogen) atoms. The van der Waals surface area contributed by atoms with Gasteiger partial charge in [0.25, 0.3) is 0 Å². The number of esters is 1. The van der Waals surface area contributed by atoms with Crippen molar-refractivity contribution in [3.63, 3.8) is 0 Å². The summed E-state index contributed by atoms with van der Waals surface area (Å²) in [6.07, 6.45) is 5.03. The van der Waals surface area contributed by atoms with Crippen LogP contribution in [0.15, 0.2) is 0 Å². The zero-order chi connectivity index (χ0) is 12.7. The van der Waals surface area contributed by atoms with Gasteiger partial charge in [-0.1, -0.05) is 5.92 Å². The van der Waals surface area contributed by atoms with E-state index >= 15 is 0 Å². The minimum absolute atomic E-state index is 0.116. The summed E-state index contributed by atoms with van der Waals surface area (Å²) in [5.74, 6) is 1.71. The first-order chi connectivity index (χ1) is 8.19. The van der Waals surface area contributed by atoms with Gasteiger partial charge in [-0.2, -0.15) is 0 Å². The van der Waals surface area contributed by atoms with E-state index in [1.165, 1.54) is 7.11 Å². The molecule has 1 saturated heterocycles. The van der Waals surface area contributed by atoms with E-state index in [4.69, 9.17) is 11.2 Å². The van der Waals surface area contributed by atoms with Crippen molar-refractivity contribution in [1.82, 2.24) is 10.2 Å². The SMILES string of the molecule is C#CCNC(=O)CN1CCOCC1C(=O)OC. The Hall–Kier alpha value is -1.58. The molecular formula is C11H16N2O4. The number of rotatable bonds is 4. The van der Waals surface area contributed by atoms with Gasteiger partial charge < -0.3 is 14.8 Å². The van der Waals surface area contributed by atoms with E-state index in [9.17, 15) is 9.59 Å². The Bertz CT molecular complexity index is 324. The lowest BCUT2D eigenvalue weighted by molar-refractivity contribution is -0.153. The molecular weight excluding hydrogens is 224 g/mol. The minimum atomic E-state index is -0.523. The van der Waals surface area contributed by atoms with Crippen LogP contribution in [-0.4, -0.2) is 62.8 Å². The number of nitrogens with zero attached hydrogens (tertiary/aromatic N) is 1. The predicted octanol–water partition coefficient (Wildman–Crippen LogP) is -1.39. The zero-order valence-corrected chi connectivity index (χ0v) is 9.77. The molecule has 1 heterocycles. The van der Waals surface area contributed by atoms with Crippen molar-refractivity contribution in [3.05, 3.63) is 0 Å². The molecule has 0 saturated carbocycles. The number of amides is 1. The molecule has 1 atom stereocenters. The third-order valence-electron chi connectivity index (χ3n) is 2.45. The quantitative estimate of drug-likeness (QED) is 0.484. The van der Waals surface area contributed by atoms with Gasteiger partial charge in [0.1, 0.15) is 6.04 Å². The molecule has 94 valence electrons. The van der Waals surface area contributed by atoms with E-state index < -0.39 is 12.0 Å². The number of carbonyl (C=O) groups excluding carboxylic acids is 2. The van der Waals surface area contributed by atoms with Gasteiger partial charge in [-0.05, 0) is 0 Å². The molecule has 1 N–H and O–H groups in total. The average Bonchev–Trinajstić information content (AvgIpc) is 2.36. The predicted molar refractivity (Wildman–Crippen MR) is 60.0 cm³/mol. The Morgan fingerprint density at radius 2 is 2.41 bits per heavy atom. The van der Waals surface area contributed by atoms with Gasteiger partial charge in [-0.3, -0.25) is 14.5 Å². The maximum atomic E-state index is 11.5. The van der Waals surface area contributed by atoms with Crippen molar-refractivity contribution < 1.29 is 19.1 Å². The van der Waals surface area contributed by atoms with Crippen LogP contribution in [-0.2, 0) is 19.1 Å². The van der Waals surface area contributed by atoms with Crippen LogP contribution in [0, 0.1) is 12.3 Å². The molecule has 0 aromatic rings. The smallest absolute Gasteiger partial charge is 0.325 e. The van der Waals surface area contributed by atoms with Gasteiger partial charge in [0.2, 0.25) is 5.91 Å². The molecule has 6 heteroatoms. The fourth-order valence-electron chi connectivity index (χ4n) is 1.57. The molecule has 0 bridgehead atoms. The van der Waals surface area contributed by atoms with Gasteiger partial charge in [-0.25, -0.2) is 0 Å². The third kappa shape index (κ3) is 4.06. The molecule has 1 rings (SSSR count). The standard InChI is InChI=1S/C11H16N2O4/c1-3-4-12-10(14)7-13-5-6-17-8-9(13)11(15)16-2/h1,9H,4-8H2,2H3,(H,12,14). The second-order valence-electron chi connectivity index (χ2n) is 3.57. The molecule has 0 radical (unpaired) electrons. The molecule has 0 aromatic heterocycles. The van der Waals surface area contributed by atoms with E-state index in [0.29, 0.717) is 13.2 Å². The van der Waals surface area contributed by atoms with Crippen LogP contribution in [0.2, 0.25) is 0 Å². The van der Waals surface area contributed by atoms with Crippen LogP contribution >= 0.6 is 0 Å². The number of carbonyl (C=O) groups is 2. The van der Waals surface area contributed by atoms with Gasteiger partial charge >= 0.3 is 5.97 Å². The van der Waals surface area contributed by atoms with E-state index in [1.807, 2.05) is 0 Å². The Morgan fingerprint density at radius 3 is 3.06 bits per heavy atom. The number of terminal acetylenes is 1. The van der Waals surface area contributed by atoms with Crippen LogP contribution in [0.1, 0.15) is 0 Å². The number of nitrogens with one attached hydrogen (secondary N) is 1. The van der Waals surface area contributed by atoms with E-state index in [2.05, 4.69) is 16.0 Å².